The molecule has 110 valence electrons. The fraction of sp³-hybridized carbons (Fsp3) is 0.583. The summed E-state index contributed by atoms with van der Waals surface area (Å²) in [7, 11) is 0. The molecule has 1 aromatic heterocycles. The van der Waals surface area contributed by atoms with E-state index in [1.165, 1.54) is 0 Å². The van der Waals surface area contributed by atoms with Crippen LogP contribution in [0, 0.1) is 4.77 Å². The fourth-order valence-electron chi connectivity index (χ4n) is 2.31. The average molecular weight is 301 g/mol. The molecule has 2 rings (SSSR count). The number of carbonyl (C=O) groups excluding carboxylic acids is 1. The third kappa shape index (κ3) is 3.24. The molecule has 0 atom stereocenters. The molecule has 0 bridgehead atoms. The molecule has 1 amide bonds. The summed E-state index contributed by atoms with van der Waals surface area (Å²) in [5, 5.41) is 12.2. The Kier molecular flexibility index (Phi) is 3.94. The number of alkyl halides is 1. The van der Waals surface area contributed by atoms with Gasteiger partial charge in [0.15, 0.2) is 10.3 Å². The molecule has 1 aromatic rings. The summed E-state index contributed by atoms with van der Waals surface area (Å²) in [6, 6.07) is -0.201. The van der Waals surface area contributed by atoms with E-state index in [9.17, 15) is 19.1 Å². The maximum absolute atomic E-state index is 13.7. The summed E-state index contributed by atoms with van der Waals surface area (Å²) in [5.74, 6) is -1.26. The molecule has 0 radical (unpaired) electrons. The first kappa shape index (κ1) is 14.7. The second kappa shape index (κ2) is 5.35. The van der Waals surface area contributed by atoms with Crippen LogP contribution in [0.25, 0.3) is 0 Å². The molecule has 1 aliphatic carbocycles. The summed E-state index contributed by atoms with van der Waals surface area (Å²) < 4.78 is 13.6. The van der Waals surface area contributed by atoms with E-state index in [1.807, 2.05) is 0 Å². The van der Waals surface area contributed by atoms with Gasteiger partial charge >= 0.3 is 0 Å². The molecule has 1 fully saturated rings. The second-order valence-corrected chi connectivity index (χ2v) is 5.70. The van der Waals surface area contributed by atoms with Gasteiger partial charge in [-0.3, -0.25) is 14.6 Å². The van der Waals surface area contributed by atoms with Crippen LogP contribution in [-0.2, 0) is 0 Å². The van der Waals surface area contributed by atoms with Crippen molar-refractivity contribution in [3.8, 4) is 5.88 Å². The Bertz CT molecular complexity index is 628. The minimum atomic E-state index is -1.20. The van der Waals surface area contributed by atoms with Gasteiger partial charge in [-0.25, -0.2) is 4.39 Å². The third-order valence-corrected chi connectivity index (χ3v) is 3.72. The number of hydrogen-bond acceptors (Lipinski definition) is 4. The standard InChI is InChI=1S/C12H16FN3O3S/c1-12(13)4-2-6(3-5-12)14-8(17)7-9(18)15-11(20)16-10(7)19/h6H,2-5H2,1H3,(H,14,17)(H3,15,16,18,19,20). The number of hydrogen-bond donors (Lipinski definition) is 4. The lowest BCUT2D eigenvalue weighted by Gasteiger charge is -2.31. The summed E-state index contributed by atoms with van der Waals surface area (Å²) in [6.07, 6.45) is 1.72. The van der Waals surface area contributed by atoms with Crippen molar-refractivity contribution in [2.45, 2.75) is 44.3 Å². The molecule has 0 saturated heterocycles. The van der Waals surface area contributed by atoms with Crippen molar-refractivity contribution in [1.29, 1.82) is 0 Å². The van der Waals surface area contributed by atoms with E-state index in [-0.39, 0.29) is 10.8 Å². The van der Waals surface area contributed by atoms with Crippen LogP contribution in [-0.4, -0.2) is 32.7 Å². The topological polar surface area (TPSA) is 98.0 Å². The van der Waals surface area contributed by atoms with E-state index >= 15 is 0 Å². The van der Waals surface area contributed by atoms with Gasteiger partial charge in [0.25, 0.3) is 11.5 Å². The van der Waals surface area contributed by atoms with Crippen LogP contribution in [0.5, 0.6) is 5.88 Å². The van der Waals surface area contributed by atoms with Crippen LogP contribution < -0.4 is 10.9 Å². The molecule has 0 unspecified atom stereocenters. The normalized spacial score (nSPS) is 26.2. The van der Waals surface area contributed by atoms with Gasteiger partial charge in [-0.05, 0) is 44.8 Å². The first-order valence-corrected chi connectivity index (χ1v) is 6.75. The van der Waals surface area contributed by atoms with Gasteiger partial charge in [-0.1, -0.05) is 0 Å². The Morgan fingerprint density at radius 1 is 1.45 bits per heavy atom. The molecule has 20 heavy (non-hydrogen) atoms. The summed E-state index contributed by atoms with van der Waals surface area (Å²) in [5.41, 5.74) is -2.36. The largest absolute Gasteiger partial charge is 0.494 e. The number of amides is 1. The van der Waals surface area contributed by atoms with Gasteiger partial charge in [-0.2, -0.15) is 0 Å². The second-order valence-electron chi connectivity index (χ2n) is 5.29. The lowest BCUT2D eigenvalue weighted by atomic mass is 9.85. The van der Waals surface area contributed by atoms with Gasteiger partial charge in [0, 0.05) is 6.04 Å². The minimum absolute atomic E-state index is 0.0603. The molecule has 6 nitrogen and oxygen atoms in total. The molecular weight excluding hydrogens is 285 g/mol. The number of aromatic hydroxyl groups is 1. The molecular formula is C12H16FN3O3S. The summed E-state index contributed by atoms with van der Waals surface area (Å²) in [4.78, 5) is 28.2. The molecule has 1 aliphatic rings. The molecule has 8 heteroatoms. The highest BCUT2D eigenvalue weighted by Crippen LogP contribution is 2.31. The van der Waals surface area contributed by atoms with Crippen molar-refractivity contribution in [1.82, 2.24) is 15.3 Å². The smallest absolute Gasteiger partial charge is 0.268 e. The van der Waals surface area contributed by atoms with Gasteiger partial charge in [-0.15, -0.1) is 0 Å². The van der Waals surface area contributed by atoms with E-state index in [4.69, 9.17) is 0 Å². The average Bonchev–Trinajstić information content (AvgIpc) is 2.30. The van der Waals surface area contributed by atoms with E-state index < -0.39 is 28.6 Å². The van der Waals surface area contributed by atoms with Crippen molar-refractivity contribution in [2.75, 3.05) is 0 Å². The number of rotatable bonds is 2. The molecule has 4 N–H and O–H groups in total. The number of halogens is 1. The molecule has 0 aromatic carbocycles. The van der Waals surface area contributed by atoms with Gasteiger partial charge in [0.05, 0.1) is 0 Å². The fourth-order valence-corrected chi connectivity index (χ4v) is 2.50. The van der Waals surface area contributed by atoms with Crippen LogP contribution >= 0.6 is 12.2 Å². The number of nitrogens with one attached hydrogen (secondary N) is 3. The van der Waals surface area contributed by atoms with Crippen LogP contribution in [0.4, 0.5) is 4.39 Å². The lowest BCUT2D eigenvalue weighted by molar-refractivity contribution is 0.0845. The zero-order chi connectivity index (χ0) is 14.9. The highest BCUT2D eigenvalue weighted by molar-refractivity contribution is 7.71. The number of carbonyl (C=O) groups is 1. The van der Waals surface area contributed by atoms with E-state index in [1.54, 1.807) is 6.92 Å². The first-order chi connectivity index (χ1) is 9.28. The highest BCUT2D eigenvalue weighted by atomic mass is 32.1. The van der Waals surface area contributed by atoms with Crippen LogP contribution in [0.15, 0.2) is 4.79 Å². The first-order valence-electron chi connectivity index (χ1n) is 6.34. The maximum atomic E-state index is 13.7. The number of aromatic nitrogens is 2. The van der Waals surface area contributed by atoms with Crippen molar-refractivity contribution in [3.63, 3.8) is 0 Å². The van der Waals surface area contributed by atoms with Crippen LogP contribution in [0.2, 0.25) is 0 Å². The molecule has 0 aliphatic heterocycles. The van der Waals surface area contributed by atoms with Crippen LogP contribution in [0.3, 0.4) is 0 Å². The molecule has 1 heterocycles. The quantitative estimate of drug-likeness (QED) is 0.623. The summed E-state index contributed by atoms with van der Waals surface area (Å²) >= 11 is 4.68. The lowest BCUT2D eigenvalue weighted by Crippen LogP contribution is -2.42. The highest BCUT2D eigenvalue weighted by Gasteiger charge is 2.32. The Morgan fingerprint density at radius 3 is 2.60 bits per heavy atom. The van der Waals surface area contributed by atoms with E-state index in [0.717, 1.165) is 0 Å². The zero-order valence-electron chi connectivity index (χ0n) is 11.0. The van der Waals surface area contributed by atoms with Gasteiger partial charge in [0.2, 0.25) is 5.88 Å². The molecule has 0 spiro atoms. The van der Waals surface area contributed by atoms with Crippen LogP contribution in [0.1, 0.15) is 43.0 Å². The van der Waals surface area contributed by atoms with Gasteiger partial charge in [0.1, 0.15) is 5.67 Å². The van der Waals surface area contributed by atoms with Crippen molar-refractivity contribution < 1.29 is 14.3 Å². The molecule has 1 saturated carbocycles. The van der Waals surface area contributed by atoms with E-state index in [0.29, 0.717) is 25.7 Å². The predicted molar refractivity (Wildman–Crippen MR) is 73.1 cm³/mol. The minimum Gasteiger partial charge on any atom is -0.494 e. The van der Waals surface area contributed by atoms with Crippen molar-refractivity contribution in [2.24, 2.45) is 0 Å². The third-order valence-electron chi connectivity index (χ3n) is 3.51. The monoisotopic (exact) mass is 301 g/mol. The SMILES string of the molecule is CC1(F)CCC(NC(=O)c2c(O)[nH]c(=S)[nH]c2=O)CC1. The Labute approximate surface area is 119 Å². The number of H-pyrrole nitrogens is 2. The van der Waals surface area contributed by atoms with E-state index in [2.05, 4.69) is 27.5 Å². The number of aromatic amines is 2. The Morgan fingerprint density at radius 2 is 2.05 bits per heavy atom. The zero-order valence-corrected chi connectivity index (χ0v) is 11.8. The van der Waals surface area contributed by atoms with Gasteiger partial charge < -0.3 is 15.4 Å². The summed E-state index contributed by atoms with van der Waals surface area (Å²) in [6.45, 7) is 1.54. The Hall–Kier alpha value is -1.70. The Balaban J connectivity index is 2.10. The predicted octanol–water partition coefficient (Wildman–Crippen LogP) is 1.54. The van der Waals surface area contributed by atoms with Crippen molar-refractivity contribution in [3.05, 3.63) is 20.7 Å². The van der Waals surface area contributed by atoms with Crippen molar-refractivity contribution >= 4 is 18.1 Å². The maximum Gasteiger partial charge on any atom is 0.268 e.